The van der Waals surface area contributed by atoms with E-state index in [0.29, 0.717) is 5.82 Å². The van der Waals surface area contributed by atoms with E-state index in [0.717, 1.165) is 5.56 Å². The lowest BCUT2D eigenvalue weighted by atomic mass is 10.3. The molecule has 8 heteroatoms. The van der Waals surface area contributed by atoms with Crippen LogP contribution in [0.5, 0.6) is 0 Å². The summed E-state index contributed by atoms with van der Waals surface area (Å²) in [5.74, 6) is 0.605. The van der Waals surface area contributed by atoms with Crippen molar-refractivity contribution in [2.75, 3.05) is 4.72 Å². The van der Waals surface area contributed by atoms with Gasteiger partial charge >= 0.3 is 0 Å². The topological polar surface area (TPSA) is 76.9 Å². The predicted octanol–water partition coefficient (Wildman–Crippen LogP) is 1.89. The molecule has 0 atom stereocenters. The second-order valence-corrected chi connectivity index (χ2v) is 6.18. The zero-order chi connectivity index (χ0) is 14.2. The van der Waals surface area contributed by atoms with Crippen LogP contribution >= 0.6 is 11.6 Å². The van der Waals surface area contributed by atoms with Crippen molar-refractivity contribution in [1.29, 1.82) is 0 Å². The highest BCUT2D eigenvalue weighted by molar-refractivity contribution is 7.92. The second kappa shape index (κ2) is 4.82. The number of hydrogen-bond acceptors (Lipinski definition) is 4. The van der Waals surface area contributed by atoms with Gasteiger partial charge in [0.25, 0.3) is 10.0 Å². The summed E-state index contributed by atoms with van der Waals surface area (Å²) in [6.07, 6.45) is 3.00. The molecular weight excluding hydrogens is 288 g/mol. The molecule has 0 unspecified atom stereocenters. The highest BCUT2D eigenvalue weighted by Crippen LogP contribution is 2.23. The van der Waals surface area contributed by atoms with Crippen LogP contribution in [0.1, 0.15) is 11.4 Å². The molecule has 0 aliphatic carbocycles. The average molecular weight is 301 g/mol. The quantitative estimate of drug-likeness (QED) is 0.878. The summed E-state index contributed by atoms with van der Waals surface area (Å²) < 4.78 is 28.3. The first-order valence-electron chi connectivity index (χ1n) is 5.44. The molecule has 0 amide bonds. The SMILES string of the molecule is Cc1cnc(Cl)c(NS(=O)(=O)c2cn(C)c(C)n2)c1. The van der Waals surface area contributed by atoms with Crippen molar-refractivity contribution in [1.82, 2.24) is 14.5 Å². The summed E-state index contributed by atoms with van der Waals surface area (Å²) in [7, 11) is -2.04. The average Bonchev–Trinajstić information content (AvgIpc) is 2.65. The molecule has 0 aliphatic heterocycles. The van der Waals surface area contributed by atoms with Crippen LogP contribution in [0.4, 0.5) is 5.69 Å². The molecule has 2 rings (SSSR count). The van der Waals surface area contributed by atoms with E-state index in [9.17, 15) is 8.42 Å². The molecule has 0 radical (unpaired) electrons. The van der Waals surface area contributed by atoms with Crippen LogP contribution in [-0.2, 0) is 17.1 Å². The summed E-state index contributed by atoms with van der Waals surface area (Å²) in [6, 6.07) is 1.61. The lowest BCUT2D eigenvalue weighted by molar-refractivity contribution is 0.598. The number of imidazole rings is 1. The van der Waals surface area contributed by atoms with Crippen molar-refractivity contribution in [2.45, 2.75) is 18.9 Å². The monoisotopic (exact) mass is 300 g/mol. The van der Waals surface area contributed by atoms with Crippen LogP contribution in [-0.4, -0.2) is 23.0 Å². The van der Waals surface area contributed by atoms with Gasteiger partial charge in [-0.15, -0.1) is 0 Å². The smallest absolute Gasteiger partial charge is 0.281 e. The normalized spacial score (nSPS) is 11.6. The van der Waals surface area contributed by atoms with Crippen LogP contribution in [0.15, 0.2) is 23.5 Å². The maximum atomic E-state index is 12.2. The number of anilines is 1. The number of pyridine rings is 1. The molecule has 0 fully saturated rings. The summed E-state index contributed by atoms with van der Waals surface area (Å²) in [6.45, 7) is 3.52. The Morgan fingerprint density at radius 1 is 1.37 bits per heavy atom. The molecule has 0 bridgehead atoms. The largest absolute Gasteiger partial charge is 0.337 e. The standard InChI is InChI=1S/C11H13ClN4O2S/c1-7-4-9(11(12)13-5-7)15-19(17,18)10-6-16(3)8(2)14-10/h4-6,15H,1-3H3. The number of halogens is 1. The van der Waals surface area contributed by atoms with Gasteiger partial charge in [0, 0.05) is 19.4 Å². The van der Waals surface area contributed by atoms with Gasteiger partial charge < -0.3 is 4.57 Å². The van der Waals surface area contributed by atoms with Crippen molar-refractivity contribution in [3.63, 3.8) is 0 Å². The Morgan fingerprint density at radius 3 is 2.63 bits per heavy atom. The number of hydrogen-bond donors (Lipinski definition) is 1. The van der Waals surface area contributed by atoms with Crippen LogP contribution in [0.3, 0.4) is 0 Å². The van der Waals surface area contributed by atoms with E-state index in [1.165, 1.54) is 6.20 Å². The van der Waals surface area contributed by atoms with E-state index < -0.39 is 10.0 Å². The Bertz CT molecular complexity index is 705. The highest BCUT2D eigenvalue weighted by atomic mass is 35.5. The lowest BCUT2D eigenvalue weighted by Crippen LogP contribution is -2.14. The van der Waals surface area contributed by atoms with Gasteiger partial charge in [0.15, 0.2) is 10.2 Å². The summed E-state index contributed by atoms with van der Waals surface area (Å²) in [4.78, 5) is 7.87. The van der Waals surface area contributed by atoms with Crippen molar-refractivity contribution >= 4 is 27.3 Å². The Balaban J connectivity index is 2.39. The molecular formula is C11H13ClN4O2S. The zero-order valence-electron chi connectivity index (χ0n) is 10.7. The fourth-order valence-electron chi connectivity index (χ4n) is 1.48. The molecule has 6 nitrogen and oxygen atoms in total. The first-order chi connectivity index (χ1) is 8.79. The first-order valence-corrected chi connectivity index (χ1v) is 7.30. The Kier molecular flexibility index (Phi) is 3.51. The van der Waals surface area contributed by atoms with E-state index >= 15 is 0 Å². The van der Waals surface area contributed by atoms with Crippen molar-refractivity contribution in [3.05, 3.63) is 35.0 Å². The van der Waals surface area contributed by atoms with Gasteiger partial charge in [-0.2, -0.15) is 8.42 Å². The Hall–Kier alpha value is -1.60. The molecule has 102 valence electrons. The Morgan fingerprint density at radius 2 is 2.05 bits per heavy atom. The molecule has 2 aromatic heterocycles. The van der Waals surface area contributed by atoms with Gasteiger partial charge in [-0.3, -0.25) is 4.72 Å². The van der Waals surface area contributed by atoms with Gasteiger partial charge in [-0.25, -0.2) is 9.97 Å². The molecule has 19 heavy (non-hydrogen) atoms. The van der Waals surface area contributed by atoms with E-state index in [4.69, 9.17) is 11.6 Å². The second-order valence-electron chi connectivity index (χ2n) is 4.19. The van der Waals surface area contributed by atoms with E-state index in [1.807, 2.05) is 0 Å². The maximum absolute atomic E-state index is 12.2. The van der Waals surface area contributed by atoms with Crippen molar-refractivity contribution < 1.29 is 8.42 Å². The number of aromatic nitrogens is 3. The summed E-state index contributed by atoms with van der Waals surface area (Å²) >= 11 is 5.86. The molecule has 0 saturated heterocycles. The third kappa shape index (κ3) is 2.87. The molecule has 0 spiro atoms. The predicted molar refractivity (Wildman–Crippen MR) is 72.7 cm³/mol. The number of nitrogens with one attached hydrogen (secondary N) is 1. The Labute approximate surface area is 116 Å². The van der Waals surface area contributed by atoms with Crippen molar-refractivity contribution in [3.8, 4) is 0 Å². The highest BCUT2D eigenvalue weighted by Gasteiger charge is 2.20. The van der Waals surface area contributed by atoms with Crippen LogP contribution in [0.25, 0.3) is 0 Å². The van der Waals surface area contributed by atoms with Crippen molar-refractivity contribution in [2.24, 2.45) is 7.05 Å². The van der Waals surface area contributed by atoms with Crippen LogP contribution in [0, 0.1) is 13.8 Å². The van der Waals surface area contributed by atoms with Gasteiger partial charge in [-0.1, -0.05) is 11.6 Å². The van der Waals surface area contributed by atoms with E-state index in [1.54, 1.807) is 37.7 Å². The summed E-state index contributed by atoms with van der Waals surface area (Å²) in [5, 5.41) is 0.0481. The number of aryl methyl sites for hydroxylation is 3. The van der Waals surface area contributed by atoms with E-state index in [-0.39, 0.29) is 15.9 Å². The van der Waals surface area contributed by atoms with Gasteiger partial charge in [0.05, 0.1) is 5.69 Å². The first kappa shape index (κ1) is 13.8. The van der Waals surface area contributed by atoms with Crippen LogP contribution in [0.2, 0.25) is 5.15 Å². The van der Waals surface area contributed by atoms with Gasteiger partial charge in [-0.05, 0) is 25.5 Å². The molecule has 2 heterocycles. The summed E-state index contributed by atoms with van der Waals surface area (Å²) in [5.41, 5.74) is 1.05. The van der Waals surface area contributed by atoms with E-state index in [2.05, 4.69) is 14.7 Å². The molecule has 1 N–H and O–H groups in total. The minimum absolute atomic E-state index is 0.0509. The minimum atomic E-state index is -3.76. The number of sulfonamides is 1. The molecule has 0 aromatic carbocycles. The third-order valence-electron chi connectivity index (χ3n) is 2.58. The molecule has 2 aromatic rings. The third-order valence-corrected chi connectivity index (χ3v) is 4.12. The van der Waals surface area contributed by atoms with Gasteiger partial charge in [0.1, 0.15) is 5.82 Å². The fraction of sp³-hybridized carbons (Fsp3) is 0.273. The molecule has 0 saturated carbocycles. The maximum Gasteiger partial charge on any atom is 0.281 e. The lowest BCUT2D eigenvalue weighted by Gasteiger charge is -2.07. The van der Waals surface area contributed by atoms with Crippen LogP contribution < -0.4 is 4.72 Å². The van der Waals surface area contributed by atoms with Gasteiger partial charge in [0.2, 0.25) is 0 Å². The molecule has 0 aliphatic rings. The number of rotatable bonds is 3. The number of nitrogens with zero attached hydrogens (tertiary/aromatic N) is 3. The fourth-order valence-corrected chi connectivity index (χ4v) is 2.78. The minimum Gasteiger partial charge on any atom is -0.337 e. The zero-order valence-corrected chi connectivity index (χ0v) is 12.2.